The molecule has 1 N–H and O–H groups in total. The van der Waals surface area contributed by atoms with Crippen LogP contribution in [0.2, 0.25) is 0 Å². The maximum absolute atomic E-state index is 14.0. The second kappa shape index (κ2) is 6.12. The molecular formula is C20H18F2N2O2. The molecule has 4 rings (SSSR count). The molecule has 0 radical (unpaired) electrons. The Hall–Kier alpha value is -2.89. The van der Waals surface area contributed by atoms with E-state index in [1.807, 2.05) is 12.1 Å². The number of nitrogens with zero attached hydrogens (tertiary/aromatic N) is 1. The lowest BCUT2D eigenvalue weighted by Crippen LogP contribution is -2.00. The molecule has 134 valence electrons. The Morgan fingerprint density at radius 2 is 1.81 bits per heavy atom. The fourth-order valence-electron chi connectivity index (χ4n) is 3.68. The van der Waals surface area contributed by atoms with E-state index in [0.717, 1.165) is 40.2 Å². The third-order valence-electron chi connectivity index (χ3n) is 4.97. The summed E-state index contributed by atoms with van der Waals surface area (Å²) in [4.78, 5) is 0. The van der Waals surface area contributed by atoms with Gasteiger partial charge in [0.15, 0.2) is 11.5 Å². The molecule has 0 saturated heterocycles. The van der Waals surface area contributed by atoms with Gasteiger partial charge >= 0.3 is 0 Å². The van der Waals surface area contributed by atoms with E-state index in [4.69, 9.17) is 9.47 Å². The minimum absolute atomic E-state index is 0.0603. The number of aromatic nitrogens is 2. The zero-order chi connectivity index (χ0) is 18.4. The summed E-state index contributed by atoms with van der Waals surface area (Å²) >= 11 is 0. The Labute approximate surface area is 149 Å². The highest BCUT2D eigenvalue weighted by Crippen LogP contribution is 2.49. The quantitative estimate of drug-likeness (QED) is 0.752. The number of ether oxygens (including phenoxy) is 2. The first-order chi connectivity index (χ1) is 12.5. The largest absolute Gasteiger partial charge is 0.493 e. The molecule has 0 spiro atoms. The van der Waals surface area contributed by atoms with Crippen molar-refractivity contribution in [2.75, 3.05) is 14.2 Å². The van der Waals surface area contributed by atoms with E-state index in [-0.39, 0.29) is 12.3 Å². The van der Waals surface area contributed by atoms with Crippen molar-refractivity contribution in [3.63, 3.8) is 0 Å². The average Bonchev–Trinajstić information content (AvgIpc) is 3.17. The maximum atomic E-state index is 14.0. The van der Waals surface area contributed by atoms with Gasteiger partial charge in [0.1, 0.15) is 11.6 Å². The summed E-state index contributed by atoms with van der Waals surface area (Å²) in [6, 6.07) is 7.35. The highest BCUT2D eigenvalue weighted by molar-refractivity contribution is 5.79. The zero-order valence-electron chi connectivity index (χ0n) is 14.7. The Morgan fingerprint density at radius 3 is 2.54 bits per heavy atom. The first kappa shape index (κ1) is 16.6. The molecule has 0 saturated carbocycles. The van der Waals surface area contributed by atoms with Gasteiger partial charge in [0, 0.05) is 29.2 Å². The number of aromatic amines is 1. The number of methoxy groups -OCH3 is 2. The summed E-state index contributed by atoms with van der Waals surface area (Å²) < 4.78 is 38.3. The SMILES string of the molecule is COc1cc2c(cc1OC)C(C)c1c-2n[nH]c1Cc1cc(F)ccc1F. The Kier molecular flexibility index (Phi) is 3.90. The van der Waals surface area contributed by atoms with E-state index in [2.05, 4.69) is 17.1 Å². The monoisotopic (exact) mass is 356 g/mol. The van der Waals surface area contributed by atoms with E-state index < -0.39 is 11.6 Å². The number of hydrogen-bond acceptors (Lipinski definition) is 3. The van der Waals surface area contributed by atoms with Crippen molar-refractivity contribution in [2.45, 2.75) is 19.3 Å². The van der Waals surface area contributed by atoms with Gasteiger partial charge in [-0.2, -0.15) is 5.10 Å². The van der Waals surface area contributed by atoms with Crippen LogP contribution in [0.5, 0.6) is 11.5 Å². The number of nitrogens with one attached hydrogen (secondary N) is 1. The van der Waals surface area contributed by atoms with Gasteiger partial charge in [-0.15, -0.1) is 0 Å². The predicted octanol–water partition coefficient (Wildman–Crippen LogP) is 4.43. The number of benzene rings is 2. The van der Waals surface area contributed by atoms with E-state index in [0.29, 0.717) is 17.1 Å². The molecule has 2 aromatic carbocycles. The number of fused-ring (bicyclic) bond motifs is 3. The molecule has 0 fully saturated rings. The molecule has 1 aliphatic rings. The second-order valence-corrected chi connectivity index (χ2v) is 6.39. The van der Waals surface area contributed by atoms with Crippen LogP contribution in [0.3, 0.4) is 0 Å². The van der Waals surface area contributed by atoms with Crippen molar-refractivity contribution in [3.8, 4) is 22.8 Å². The van der Waals surface area contributed by atoms with Gasteiger partial charge in [-0.05, 0) is 41.5 Å². The van der Waals surface area contributed by atoms with Crippen LogP contribution in [0.25, 0.3) is 11.3 Å². The molecule has 0 bridgehead atoms. The minimum Gasteiger partial charge on any atom is -0.493 e. The highest BCUT2D eigenvalue weighted by atomic mass is 19.1. The summed E-state index contributed by atoms with van der Waals surface area (Å²) in [5.41, 5.74) is 4.95. The Bertz CT molecular complexity index is 998. The van der Waals surface area contributed by atoms with Crippen LogP contribution >= 0.6 is 0 Å². The molecule has 1 atom stereocenters. The van der Waals surface area contributed by atoms with E-state index >= 15 is 0 Å². The van der Waals surface area contributed by atoms with Crippen LogP contribution in [0, 0.1) is 11.6 Å². The van der Waals surface area contributed by atoms with Crippen molar-refractivity contribution < 1.29 is 18.3 Å². The van der Waals surface area contributed by atoms with Gasteiger partial charge in [0.2, 0.25) is 0 Å². The van der Waals surface area contributed by atoms with E-state index in [1.54, 1.807) is 14.2 Å². The number of rotatable bonds is 4. The van der Waals surface area contributed by atoms with Gasteiger partial charge < -0.3 is 9.47 Å². The van der Waals surface area contributed by atoms with Gasteiger partial charge in [-0.25, -0.2) is 8.78 Å². The van der Waals surface area contributed by atoms with Crippen molar-refractivity contribution in [3.05, 3.63) is 64.4 Å². The smallest absolute Gasteiger partial charge is 0.161 e. The highest BCUT2D eigenvalue weighted by Gasteiger charge is 2.32. The third-order valence-corrected chi connectivity index (χ3v) is 4.97. The minimum atomic E-state index is -0.455. The summed E-state index contributed by atoms with van der Waals surface area (Å²) in [5, 5.41) is 7.43. The molecule has 0 amide bonds. The first-order valence-corrected chi connectivity index (χ1v) is 8.30. The van der Waals surface area contributed by atoms with Gasteiger partial charge in [-0.1, -0.05) is 6.92 Å². The first-order valence-electron chi connectivity index (χ1n) is 8.30. The average molecular weight is 356 g/mol. The van der Waals surface area contributed by atoms with E-state index in [9.17, 15) is 8.78 Å². The standard InChI is InChI=1S/C20H18F2N2O2/c1-10-13-8-17(25-2)18(26-3)9-14(13)20-19(10)16(23-24-20)7-11-6-12(21)4-5-15(11)22/h4-6,8-10H,7H2,1-3H3,(H,23,24). The zero-order valence-corrected chi connectivity index (χ0v) is 14.7. The van der Waals surface area contributed by atoms with Gasteiger partial charge in [0.05, 0.1) is 19.9 Å². The van der Waals surface area contributed by atoms with Crippen LogP contribution in [0.1, 0.15) is 35.2 Å². The number of H-pyrrole nitrogens is 1. The second-order valence-electron chi connectivity index (χ2n) is 6.39. The van der Waals surface area contributed by atoms with Crippen LogP contribution in [0.4, 0.5) is 8.78 Å². The lowest BCUT2D eigenvalue weighted by molar-refractivity contribution is 0.354. The number of hydrogen-bond donors (Lipinski definition) is 1. The predicted molar refractivity (Wildman–Crippen MR) is 93.8 cm³/mol. The van der Waals surface area contributed by atoms with Gasteiger partial charge in [-0.3, -0.25) is 5.10 Å². The van der Waals surface area contributed by atoms with Gasteiger partial charge in [0.25, 0.3) is 0 Å². The molecule has 6 heteroatoms. The maximum Gasteiger partial charge on any atom is 0.161 e. The summed E-state index contributed by atoms with van der Waals surface area (Å²) in [5.74, 6) is 0.465. The summed E-state index contributed by atoms with van der Waals surface area (Å²) in [6.07, 6.45) is 0.249. The van der Waals surface area contributed by atoms with Crippen molar-refractivity contribution in [1.82, 2.24) is 10.2 Å². The molecule has 1 unspecified atom stereocenters. The molecule has 26 heavy (non-hydrogen) atoms. The molecule has 3 aromatic rings. The number of halogens is 2. The topological polar surface area (TPSA) is 47.1 Å². The van der Waals surface area contributed by atoms with Crippen LogP contribution in [0.15, 0.2) is 30.3 Å². The third kappa shape index (κ3) is 2.44. The molecule has 1 heterocycles. The molecule has 0 aliphatic heterocycles. The molecule has 1 aromatic heterocycles. The summed E-state index contributed by atoms with van der Waals surface area (Å²) in [7, 11) is 3.19. The van der Waals surface area contributed by atoms with Crippen LogP contribution in [-0.4, -0.2) is 24.4 Å². The molecular weight excluding hydrogens is 338 g/mol. The molecule has 4 nitrogen and oxygen atoms in total. The fourth-order valence-corrected chi connectivity index (χ4v) is 3.68. The Morgan fingerprint density at radius 1 is 1.08 bits per heavy atom. The fraction of sp³-hybridized carbons (Fsp3) is 0.250. The van der Waals surface area contributed by atoms with Crippen molar-refractivity contribution in [1.29, 1.82) is 0 Å². The van der Waals surface area contributed by atoms with E-state index in [1.165, 1.54) is 6.07 Å². The Balaban J connectivity index is 1.78. The summed E-state index contributed by atoms with van der Waals surface area (Å²) in [6.45, 7) is 2.07. The van der Waals surface area contributed by atoms with Crippen LogP contribution in [-0.2, 0) is 6.42 Å². The lowest BCUT2D eigenvalue weighted by Gasteiger charge is -2.13. The van der Waals surface area contributed by atoms with Crippen molar-refractivity contribution >= 4 is 0 Å². The molecule has 1 aliphatic carbocycles. The van der Waals surface area contributed by atoms with Crippen LogP contribution < -0.4 is 9.47 Å². The lowest BCUT2D eigenvalue weighted by atomic mass is 9.96. The van der Waals surface area contributed by atoms with Crippen molar-refractivity contribution in [2.24, 2.45) is 0 Å². The normalized spacial score (nSPS) is 14.9.